The van der Waals surface area contributed by atoms with Crippen LogP contribution in [0.4, 0.5) is 0 Å². The summed E-state index contributed by atoms with van der Waals surface area (Å²) >= 11 is 5.82. The van der Waals surface area contributed by atoms with E-state index in [9.17, 15) is 13.2 Å². The summed E-state index contributed by atoms with van der Waals surface area (Å²) in [6, 6.07) is 18.9. The van der Waals surface area contributed by atoms with Crippen molar-refractivity contribution in [2.45, 2.75) is 4.90 Å². The molecule has 154 valence electrons. The Labute approximate surface area is 179 Å². The molecule has 0 aliphatic carbocycles. The molecule has 3 aromatic carbocycles. The normalized spacial score (nSPS) is 11.3. The van der Waals surface area contributed by atoms with Crippen LogP contribution in [0, 0.1) is 0 Å². The van der Waals surface area contributed by atoms with Crippen LogP contribution in [-0.4, -0.2) is 27.7 Å². The Hall–Kier alpha value is -3.36. The molecule has 3 rings (SSSR count). The fourth-order valence-corrected chi connectivity index (χ4v) is 3.35. The number of carbonyl (C=O) groups is 1. The Morgan fingerprint density at radius 1 is 1.00 bits per heavy atom. The number of nitrogens with zero attached hydrogens (tertiary/aromatic N) is 1. The van der Waals surface area contributed by atoms with Crippen LogP contribution in [-0.2, 0) is 10.0 Å². The number of carbonyl (C=O) groups excluding carboxylic acids is 1. The lowest BCUT2D eigenvalue weighted by molar-refractivity contribution is 0.0729. The third-order valence-electron chi connectivity index (χ3n) is 3.91. The lowest BCUT2D eigenvalue weighted by Crippen LogP contribution is -2.18. The van der Waals surface area contributed by atoms with E-state index in [0.717, 1.165) is 0 Å². The van der Waals surface area contributed by atoms with Crippen molar-refractivity contribution in [2.24, 2.45) is 5.10 Å². The van der Waals surface area contributed by atoms with Crippen LogP contribution in [0.3, 0.4) is 0 Å². The van der Waals surface area contributed by atoms with E-state index < -0.39 is 16.0 Å². The van der Waals surface area contributed by atoms with Crippen LogP contribution < -0.4 is 14.3 Å². The maximum Gasteiger partial charge on any atom is 0.343 e. The predicted molar refractivity (Wildman–Crippen MR) is 114 cm³/mol. The molecule has 0 saturated carbocycles. The fourth-order valence-electron chi connectivity index (χ4n) is 2.42. The fraction of sp³-hybridized carbons (Fsp3) is 0.0476. The summed E-state index contributed by atoms with van der Waals surface area (Å²) in [6.45, 7) is 0. The molecule has 0 radical (unpaired) electrons. The maximum absolute atomic E-state index is 12.3. The maximum atomic E-state index is 12.3. The summed E-state index contributed by atoms with van der Waals surface area (Å²) in [7, 11) is -2.34. The first kappa shape index (κ1) is 21.4. The van der Waals surface area contributed by atoms with Crippen LogP contribution in [0.15, 0.2) is 82.8 Å². The molecule has 7 nitrogen and oxygen atoms in total. The van der Waals surface area contributed by atoms with E-state index in [1.807, 2.05) is 0 Å². The van der Waals surface area contributed by atoms with Gasteiger partial charge in [0, 0.05) is 5.02 Å². The number of hydrazone groups is 1. The van der Waals surface area contributed by atoms with E-state index in [1.165, 1.54) is 31.5 Å². The smallest absolute Gasteiger partial charge is 0.343 e. The van der Waals surface area contributed by atoms with Gasteiger partial charge < -0.3 is 9.47 Å². The molecule has 0 atom stereocenters. The lowest BCUT2D eigenvalue weighted by atomic mass is 10.2. The van der Waals surface area contributed by atoms with Crippen molar-refractivity contribution in [1.29, 1.82) is 0 Å². The first-order chi connectivity index (χ1) is 14.4. The van der Waals surface area contributed by atoms with Crippen molar-refractivity contribution in [1.82, 2.24) is 4.83 Å². The van der Waals surface area contributed by atoms with E-state index in [1.54, 1.807) is 54.6 Å². The van der Waals surface area contributed by atoms with Crippen molar-refractivity contribution >= 4 is 33.8 Å². The molecular weight excluding hydrogens is 428 g/mol. The third kappa shape index (κ3) is 5.37. The van der Waals surface area contributed by atoms with Crippen molar-refractivity contribution in [3.63, 3.8) is 0 Å². The molecule has 0 bridgehead atoms. The Bertz CT molecular complexity index is 1160. The van der Waals surface area contributed by atoms with E-state index in [-0.39, 0.29) is 16.4 Å². The van der Waals surface area contributed by atoms with Gasteiger partial charge in [-0.15, -0.1) is 0 Å². The highest BCUT2D eigenvalue weighted by Crippen LogP contribution is 2.28. The van der Waals surface area contributed by atoms with Gasteiger partial charge in [0.05, 0.1) is 23.8 Å². The summed E-state index contributed by atoms with van der Waals surface area (Å²) in [6.07, 6.45) is 1.31. The average Bonchev–Trinajstić information content (AvgIpc) is 2.75. The van der Waals surface area contributed by atoms with E-state index >= 15 is 0 Å². The summed E-state index contributed by atoms with van der Waals surface area (Å²) in [5.74, 6) is -0.0753. The lowest BCUT2D eigenvalue weighted by Gasteiger charge is -2.10. The SMILES string of the molecule is COc1cc(/C=N\NS(=O)(=O)c2ccccc2)ccc1OC(=O)c1ccc(Cl)cc1. The number of sulfonamides is 1. The minimum Gasteiger partial charge on any atom is -0.493 e. The van der Waals surface area contributed by atoms with Crippen LogP contribution in [0.5, 0.6) is 11.5 Å². The van der Waals surface area contributed by atoms with Crippen molar-refractivity contribution in [3.8, 4) is 11.5 Å². The second-order valence-corrected chi connectivity index (χ2v) is 8.07. The Morgan fingerprint density at radius 3 is 2.37 bits per heavy atom. The highest BCUT2D eigenvalue weighted by Gasteiger charge is 2.14. The molecule has 0 aliphatic heterocycles. The number of benzene rings is 3. The van der Waals surface area contributed by atoms with E-state index in [2.05, 4.69) is 9.93 Å². The molecule has 1 N–H and O–H groups in total. The van der Waals surface area contributed by atoms with E-state index in [4.69, 9.17) is 21.1 Å². The molecule has 0 unspecified atom stereocenters. The molecule has 0 saturated heterocycles. The summed E-state index contributed by atoms with van der Waals surface area (Å²) in [4.78, 5) is 14.5. The van der Waals surface area contributed by atoms with Gasteiger partial charge in [0.1, 0.15) is 0 Å². The topological polar surface area (TPSA) is 94.1 Å². The number of hydrogen-bond acceptors (Lipinski definition) is 6. The zero-order chi connectivity index (χ0) is 21.6. The van der Waals surface area contributed by atoms with Crippen LogP contribution in [0.2, 0.25) is 5.02 Å². The van der Waals surface area contributed by atoms with Gasteiger partial charge in [-0.25, -0.2) is 9.63 Å². The Balaban J connectivity index is 1.71. The second-order valence-electron chi connectivity index (χ2n) is 5.97. The quantitative estimate of drug-likeness (QED) is 0.258. The van der Waals surface area contributed by atoms with Gasteiger partial charge in [-0.3, -0.25) is 0 Å². The van der Waals surface area contributed by atoms with Gasteiger partial charge in [0.2, 0.25) is 0 Å². The Kier molecular flexibility index (Phi) is 6.71. The molecule has 0 fully saturated rings. The Morgan fingerprint density at radius 2 is 1.70 bits per heavy atom. The van der Waals surface area contributed by atoms with Gasteiger partial charge in [-0.2, -0.15) is 13.5 Å². The number of nitrogens with one attached hydrogen (secondary N) is 1. The molecule has 0 aromatic heterocycles. The van der Waals surface area contributed by atoms with Crippen LogP contribution in [0.1, 0.15) is 15.9 Å². The number of rotatable bonds is 7. The number of hydrogen-bond donors (Lipinski definition) is 1. The van der Waals surface area contributed by atoms with Gasteiger partial charge in [-0.05, 0) is 60.2 Å². The van der Waals surface area contributed by atoms with Gasteiger partial charge in [0.25, 0.3) is 10.0 Å². The number of ether oxygens (including phenoxy) is 2. The number of esters is 1. The highest BCUT2D eigenvalue weighted by atomic mass is 35.5. The predicted octanol–water partition coefficient (Wildman–Crippen LogP) is 3.88. The first-order valence-electron chi connectivity index (χ1n) is 8.65. The third-order valence-corrected chi connectivity index (χ3v) is 5.40. The van der Waals surface area contributed by atoms with Crippen molar-refractivity contribution in [3.05, 3.63) is 88.9 Å². The molecule has 9 heteroatoms. The highest BCUT2D eigenvalue weighted by molar-refractivity contribution is 7.89. The van der Waals surface area contributed by atoms with Crippen molar-refractivity contribution in [2.75, 3.05) is 7.11 Å². The molecule has 0 heterocycles. The standard InChI is InChI=1S/C21H17ClN2O5S/c1-28-20-13-15(14-23-24-30(26,27)18-5-3-2-4-6-18)7-12-19(20)29-21(25)16-8-10-17(22)11-9-16/h2-14,24H,1H3/b23-14-. The average molecular weight is 445 g/mol. The van der Waals surface area contributed by atoms with Gasteiger partial charge in [-0.1, -0.05) is 29.8 Å². The molecule has 0 spiro atoms. The number of methoxy groups -OCH3 is 1. The monoisotopic (exact) mass is 444 g/mol. The van der Waals surface area contributed by atoms with E-state index in [0.29, 0.717) is 16.1 Å². The molecule has 0 amide bonds. The first-order valence-corrected chi connectivity index (χ1v) is 10.5. The second kappa shape index (κ2) is 9.43. The largest absolute Gasteiger partial charge is 0.493 e. The van der Waals surface area contributed by atoms with Gasteiger partial charge >= 0.3 is 5.97 Å². The minimum absolute atomic E-state index is 0.101. The molecule has 0 aliphatic rings. The zero-order valence-corrected chi connectivity index (χ0v) is 17.4. The van der Waals surface area contributed by atoms with Crippen LogP contribution >= 0.6 is 11.6 Å². The van der Waals surface area contributed by atoms with Crippen LogP contribution in [0.25, 0.3) is 0 Å². The summed E-state index contributed by atoms with van der Waals surface area (Å²) in [5, 5.41) is 4.28. The number of halogens is 1. The minimum atomic E-state index is -3.76. The summed E-state index contributed by atoms with van der Waals surface area (Å²) in [5.41, 5.74) is 0.872. The summed E-state index contributed by atoms with van der Waals surface area (Å²) < 4.78 is 35.0. The van der Waals surface area contributed by atoms with Crippen molar-refractivity contribution < 1.29 is 22.7 Å². The molecule has 30 heavy (non-hydrogen) atoms. The molecular formula is C21H17ClN2O5S. The molecule has 3 aromatic rings. The van der Waals surface area contributed by atoms with Gasteiger partial charge in [0.15, 0.2) is 11.5 Å². The zero-order valence-electron chi connectivity index (χ0n) is 15.8.